The molecular formula is C20H15N3O2. The lowest BCUT2D eigenvalue weighted by molar-refractivity contribution is -0.119. The van der Waals surface area contributed by atoms with Gasteiger partial charge in [-0.15, -0.1) is 0 Å². The molecule has 5 heteroatoms. The maximum atomic E-state index is 12.6. The van der Waals surface area contributed by atoms with Gasteiger partial charge in [0, 0.05) is 22.2 Å². The minimum absolute atomic E-state index is 0.0755. The van der Waals surface area contributed by atoms with E-state index in [0.29, 0.717) is 5.56 Å². The molecule has 0 aromatic heterocycles. The van der Waals surface area contributed by atoms with Gasteiger partial charge in [0.05, 0.1) is 6.54 Å². The van der Waals surface area contributed by atoms with Gasteiger partial charge in [0.25, 0.3) is 5.91 Å². The van der Waals surface area contributed by atoms with E-state index in [-0.39, 0.29) is 23.9 Å². The van der Waals surface area contributed by atoms with Gasteiger partial charge in [0.15, 0.2) is 0 Å². The van der Waals surface area contributed by atoms with Crippen LogP contribution in [0, 0.1) is 0 Å². The van der Waals surface area contributed by atoms with Gasteiger partial charge in [-0.3, -0.25) is 9.59 Å². The summed E-state index contributed by atoms with van der Waals surface area (Å²) < 4.78 is 0. The molecule has 1 amide bonds. The van der Waals surface area contributed by atoms with E-state index in [1.54, 1.807) is 6.07 Å². The second kappa shape index (κ2) is 6.20. The molecule has 0 heterocycles. The van der Waals surface area contributed by atoms with Crippen LogP contribution in [0.3, 0.4) is 0 Å². The van der Waals surface area contributed by atoms with E-state index < -0.39 is 0 Å². The van der Waals surface area contributed by atoms with Gasteiger partial charge >= 0.3 is 0 Å². The first-order valence-electron chi connectivity index (χ1n) is 7.96. The van der Waals surface area contributed by atoms with Crippen molar-refractivity contribution < 1.29 is 9.59 Å². The SMILES string of the molecule is O=C(CNc1ccccc1)N/N=C1/C(=O)c2cccc3cccc1c23. The summed E-state index contributed by atoms with van der Waals surface area (Å²) in [6, 6.07) is 20.7. The standard InChI is InChI=1S/C20H15N3O2/c24-17(12-21-14-8-2-1-3-9-14)22-23-19-15-10-4-6-13-7-5-11-16(18(13)15)20(19)25/h1-11,21H,12H2,(H,22,24)/b23-19+. The first kappa shape index (κ1) is 15.1. The van der Waals surface area contributed by atoms with E-state index in [9.17, 15) is 9.59 Å². The van der Waals surface area contributed by atoms with Crippen LogP contribution in [-0.2, 0) is 4.79 Å². The van der Waals surface area contributed by atoms with Crippen molar-refractivity contribution in [3.05, 3.63) is 77.9 Å². The average Bonchev–Trinajstić information content (AvgIpc) is 2.93. The molecule has 0 spiro atoms. The summed E-state index contributed by atoms with van der Waals surface area (Å²) in [7, 11) is 0. The number of carbonyl (C=O) groups excluding carboxylic acids is 2. The Morgan fingerprint density at radius 3 is 2.36 bits per heavy atom. The summed E-state index contributed by atoms with van der Waals surface area (Å²) in [5.74, 6) is -0.476. The highest BCUT2D eigenvalue weighted by atomic mass is 16.2. The molecule has 3 aromatic rings. The molecule has 2 N–H and O–H groups in total. The Morgan fingerprint density at radius 1 is 0.880 bits per heavy atom. The quantitative estimate of drug-likeness (QED) is 0.723. The number of ketones is 1. The van der Waals surface area contributed by atoms with Gasteiger partial charge in [0.2, 0.25) is 5.78 Å². The largest absolute Gasteiger partial charge is 0.376 e. The molecule has 25 heavy (non-hydrogen) atoms. The third-order valence-electron chi connectivity index (χ3n) is 4.14. The van der Waals surface area contributed by atoms with Gasteiger partial charge < -0.3 is 5.32 Å². The molecule has 0 atom stereocenters. The van der Waals surface area contributed by atoms with Gasteiger partial charge in [-0.05, 0) is 17.5 Å². The van der Waals surface area contributed by atoms with Gasteiger partial charge in [-0.2, -0.15) is 5.10 Å². The maximum absolute atomic E-state index is 12.6. The number of hydrazone groups is 1. The summed E-state index contributed by atoms with van der Waals surface area (Å²) in [5, 5.41) is 8.97. The molecule has 0 saturated heterocycles. The molecule has 4 rings (SSSR count). The normalized spacial score (nSPS) is 14.1. The second-order valence-corrected chi connectivity index (χ2v) is 5.75. The number of benzene rings is 3. The zero-order chi connectivity index (χ0) is 17.2. The summed E-state index contributed by atoms with van der Waals surface area (Å²) in [5.41, 5.74) is 4.98. The second-order valence-electron chi connectivity index (χ2n) is 5.75. The summed E-state index contributed by atoms with van der Waals surface area (Å²) >= 11 is 0. The van der Waals surface area contributed by atoms with Crippen LogP contribution >= 0.6 is 0 Å². The Balaban J connectivity index is 1.52. The predicted octanol–water partition coefficient (Wildman–Crippen LogP) is 2.97. The third-order valence-corrected chi connectivity index (χ3v) is 4.14. The number of nitrogens with zero attached hydrogens (tertiary/aromatic N) is 1. The minimum atomic E-state index is -0.313. The number of Topliss-reactive ketones (excluding diaryl/α,β-unsaturated/α-hetero) is 1. The number of para-hydroxylation sites is 1. The number of nitrogens with one attached hydrogen (secondary N) is 2. The van der Waals surface area contributed by atoms with Crippen LogP contribution in [0.25, 0.3) is 10.8 Å². The van der Waals surface area contributed by atoms with E-state index in [0.717, 1.165) is 22.0 Å². The molecule has 0 radical (unpaired) electrons. The highest BCUT2D eigenvalue weighted by Crippen LogP contribution is 2.30. The average molecular weight is 329 g/mol. The Morgan fingerprint density at radius 2 is 1.60 bits per heavy atom. The smallest absolute Gasteiger partial charge is 0.259 e. The summed E-state index contributed by atoms with van der Waals surface area (Å²) in [4.78, 5) is 24.6. The van der Waals surface area contributed by atoms with E-state index in [4.69, 9.17) is 0 Å². The number of hydrogen-bond donors (Lipinski definition) is 2. The molecule has 0 bridgehead atoms. The molecule has 0 fully saturated rings. The van der Waals surface area contributed by atoms with Crippen LogP contribution < -0.4 is 10.7 Å². The maximum Gasteiger partial charge on any atom is 0.259 e. The fraction of sp³-hybridized carbons (Fsp3) is 0.0500. The van der Waals surface area contributed by atoms with E-state index in [2.05, 4.69) is 15.8 Å². The Hall–Kier alpha value is -3.47. The van der Waals surface area contributed by atoms with Crippen LogP contribution in [0.4, 0.5) is 5.69 Å². The molecule has 3 aromatic carbocycles. The van der Waals surface area contributed by atoms with Crippen LogP contribution in [-0.4, -0.2) is 23.9 Å². The van der Waals surface area contributed by atoms with Crippen LogP contribution in [0.15, 0.2) is 71.8 Å². The molecular weight excluding hydrogens is 314 g/mol. The fourth-order valence-corrected chi connectivity index (χ4v) is 2.98. The van der Waals surface area contributed by atoms with Gasteiger partial charge in [-0.25, -0.2) is 5.43 Å². The van der Waals surface area contributed by atoms with Crippen molar-refractivity contribution in [1.29, 1.82) is 0 Å². The highest BCUT2D eigenvalue weighted by Gasteiger charge is 2.28. The van der Waals surface area contributed by atoms with Crippen LogP contribution in [0.2, 0.25) is 0 Å². The zero-order valence-electron chi connectivity index (χ0n) is 13.3. The Labute approximate surface area is 144 Å². The van der Waals surface area contributed by atoms with Crippen molar-refractivity contribution in [2.24, 2.45) is 5.10 Å². The first-order chi connectivity index (χ1) is 12.2. The van der Waals surface area contributed by atoms with Crippen molar-refractivity contribution in [2.75, 3.05) is 11.9 Å². The molecule has 5 nitrogen and oxygen atoms in total. The molecule has 1 aliphatic rings. The summed E-state index contributed by atoms with van der Waals surface area (Å²) in [6.45, 7) is 0.0755. The molecule has 0 unspecified atom stereocenters. The predicted molar refractivity (Wildman–Crippen MR) is 97.9 cm³/mol. The molecule has 0 aliphatic heterocycles. The van der Waals surface area contributed by atoms with Crippen molar-refractivity contribution >= 4 is 33.9 Å². The van der Waals surface area contributed by atoms with Crippen molar-refractivity contribution in [3.63, 3.8) is 0 Å². The highest BCUT2D eigenvalue weighted by molar-refractivity contribution is 6.59. The number of carbonyl (C=O) groups is 2. The molecule has 122 valence electrons. The number of anilines is 1. The lowest BCUT2D eigenvalue weighted by Gasteiger charge is -2.05. The van der Waals surface area contributed by atoms with E-state index >= 15 is 0 Å². The van der Waals surface area contributed by atoms with Gasteiger partial charge in [-0.1, -0.05) is 54.6 Å². The van der Waals surface area contributed by atoms with E-state index in [1.165, 1.54) is 0 Å². The summed E-state index contributed by atoms with van der Waals surface area (Å²) in [6.07, 6.45) is 0. The zero-order valence-corrected chi connectivity index (χ0v) is 13.3. The van der Waals surface area contributed by atoms with Crippen LogP contribution in [0.5, 0.6) is 0 Å². The molecule has 0 saturated carbocycles. The van der Waals surface area contributed by atoms with Crippen LogP contribution in [0.1, 0.15) is 15.9 Å². The van der Waals surface area contributed by atoms with Crippen molar-refractivity contribution in [3.8, 4) is 0 Å². The van der Waals surface area contributed by atoms with E-state index in [1.807, 2.05) is 60.7 Å². The lowest BCUT2D eigenvalue weighted by atomic mass is 10.1. The van der Waals surface area contributed by atoms with Crippen molar-refractivity contribution in [1.82, 2.24) is 5.43 Å². The monoisotopic (exact) mass is 329 g/mol. The Bertz CT molecular complexity index is 1000. The number of amides is 1. The minimum Gasteiger partial charge on any atom is -0.376 e. The van der Waals surface area contributed by atoms with Crippen molar-refractivity contribution in [2.45, 2.75) is 0 Å². The third kappa shape index (κ3) is 2.76. The number of hydrogen-bond acceptors (Lipinski definition) is 4. The number of rotatable bonds is 4. The molecule has 1 aliphatic carbocycles. The lowest BCUT2D eigenvalue weighted by Crippen LogP contribution is -2.28. The first-order valence-corrected chi connectivity index (χ1v) is 7.96. The fourth-order valence-electron chi connectivity index (χ4n) is 2.98. The van der Waals surface area contributed by atoms with Gasteiger partial charge in [0.1, 0.15) is 5.71 Å². The Kier molecular flexibility index (Phi) is 3.74. The topological polar surface area (TPSA) is 70.6 Å².